The van der Waals surface area contributed by atoms with E-state index in [9.17, 15) is 4.79 Å². The number of para-hydroxylation sites is 2. The Morgan fingerprint density at radius 2 is 1.58 bits per heavy atom. The number of nitrogens with zero attached hydrogens (tertiary/aromatic N) is 1. The van der Waals surface area contributed by atoms with Crippen molar-refractivity contribution in [2.24, 2.45) is 0 Å². The van der Waals surface area contributed by atoms with E-state index in [2.05, 4.69) is 18.2 Å². The van der Waals surface area contributed by atoms with Crippen molar-refractivity contribution in [3.63, 3.8) is 0 Å². The Morgan fingerprint density at radius 3 is 2.38 bits per heavy atom. The fourth-order valence-corrected chi connectivity index (χ4v) is 3.69. The van der Waals surface area contributed by atoms with E-state index in [-0.39, 0.29) is 11.8 Å². The van der Waals surface area contributed by atoms with Crippen LogP contribution in [0.2, 0.25) is 0 Å². The topological polar surface area (TPSA) is 29.5 Å². The predicted molar refractivity (Wildman–Crippen MR) is 104 cm³/mol. The second-order valence-corrected chi connectivity index (χ2v) is 6.54. The Morgan fingerprint density at radius 1 is 0.885 bits per heavy atom. The third-order valence-electron chi connectivity index (χ3n) is 4.97. The van der Waals surface area contributed by atoms with Crippen LogP contribution in [-0.2, 0) is 17.8 Å². The number of methoxy groups -OCH3 is 1. The molecule has 26 heavy (non-hydrogen) atoms. The van der Waals surface area contributed by atoms with Crippen LogP contribution in [0.3, 0.4) is 0 Å². The molecule has 4 rings (SSSR count). The van der Waals surface area contributed by atoms with Gasteiger partial charge in [0.1, 0.15) is 5.75 Å². The molecule has 1 aliphatic heterocycles. The standard InChI is InChI=1S/C23H21NO2/c1-26-22-14-8-5-11-18(22)15-20-19-12-6-7-13-21(19)24(23(20)25)16-17-9-3-2-4-10-17/h2-14,20H,15-16H2,1H3. The molecule has 0 bridgehead atoms. The highest BCUT2D eigenvalue weighted by molar-refractivity contribution is 6.05. The van der Waals surface area contributed by atoms with Crippen LogP contribution in [0.4, 0.5) is 5.69 Å². The number of anilines is 1. The molecule has 0 aromatic heterocycles. The highest BCUT2D eigenvalue weighted by atomic mass is 16.5. The maximum atomic E-state index is 13.3. The van der Waals surface area contributed by atoms with Crippen molar-refractivity contribution in [2.45, 2.75) is 18.9 Å². The molecule has 0 radical (unpaired) electrons. The summed E-state index contributed by atoms with van der Waals surface area (Å²) in [5, 5.41) is 0. The average molecular weight is 343 g/mol. The molecule has 3 nitrogen and oxygen atoms in total. The van der Waals surface area contributed by atoms with Crippen LogP contribution in [0, 0.1) is 0 Å². The Labute approximate surface area is 153 Å². The second-order valence-electron chi connectivity index (χ2n) is 6.54. The number of amides is 1. The molecule has 1 unspecified atom stereocenters. The first-order valence-corrected chi connectivity index (χ1v) is 8.84. The summed E-state index contributed by atoms with van der Waals surface area (Å²) in [6, 6.07) is 26.2. The van der Waals surface area contributed by atoms with Crippen molar-refractivity contribution in [3.8, 4) is 5.75 Å². The van der Waals surface area contributed by atoms with Crippen LogP contribution in [0.1, 0.15) is 22.6 Å². The third-order valence-corrected chi connectivity index (χ3v) is 4.97. The molecule has 1 amide bonds. The summed E-state index contributed by atoms with van der Waals surface area (Å²) in [6.45, 7) is 0.596. The minimum atomic E-state index is -0.175. The first-order valence-electron chi connectivity index (χ1n) is 8.84. The third kappa shape index (κ3) is 2.97. The van der Waals surface area contributed by atoms with Crippen molar-refractivity contribution in [1.82, 2.24) is 0 Å². The number of fused-ring (bicyclic) bond motifs is 1. The van der Waals surface area contributed by atoms with Gasteiger partial charge in [-0.25, -0.2) is 0 Å². The fraction of sp³-hybridized carbons (Fsp3) is 0.174. The van der Waals surface area contributed by atoms with Crippen LogP contribution in [-0.4, -0.2) is 13.0 Å². The first kappa shape index (κ1) is 16.4. The number of hydrogen-bond donors (Lipinski definition) is 0. The Balaban J connectivity index is 1.67. The largest absolute Gasteiger partial charge is 0.496 e. The molecule has 0 fully saturated rings. The minimum Gasteiger partial charge on any atom is -0.496 e. The zero-order valence-electron chi connectivity index (χ0n) is 14.8. The van der Waals surface area contributed by atoms with Crippen LogP contribution in [0.25, 0.3) is 0 Å². The van der Waals surface area contributed by atoms with E-state index in [1.165, 1.54) is 0 Å². The van der Waals surface area contributed by atoms with Gasteiger partial charge in [0.15, 0.2) is 0 Å². The normalized spacial score (nSPS) is 15.8. The average Bonchev–Trinajstić information content (AvgIpc) is 2.95. The summed E-state index contributed by atoms with van der Waals surface area (Å²) in [7, 11) is 1.67. The lowest BCUT2D eigenvalue weighted by Gasteiger charge is -2.18. The Bertz CT molecular complexity index is 920. The van der Waals surface area contributed by atoms with Gasteiger partial charge in [-0.2, -0.15) is 0 Å². The van der Waals surface area contributed by atoms with E-state index in [1.54, 1.807) is 7.11 Å². The molecule has 1 heterocycles. The van der Waals surface area contributed by atoms with Crippen molar-refractivity contribution in [3.05, 3.63) is 95.6 Å². The van der Waals surface area contributed by atoms with Gasteiger partial charge in [-0.05, 0) is 35.2 Å². The lowest BCUT2D eigenvalue weighted by atomic mass is 9.93. The van der Waals surface area contributed by atoms with Gasteiger partial charge in [0.05, 0.1) is 19.6 Å². The highest BCUT2D eigenvalue weighted by Crippen LogP contribution is 2.40. The molecule has 0 spiro atoms. The SMILES string of the molecule is COc1ccccc1CC1C(=O)N(Cc2ccccc2)c2ccccc21. The van der Waals surface area contributed by atoms with Gasteiger partial charge < -0.3 is 9.64 Å². The van der Waals surface area contributed by atoms with Crippen LogP contribution >= 0.6 is 0 Å². The van der Waals surface area contributed by atoms with Gasteiger partial charge in [-0.3, -0.25) is 4.79 Å². The Hall–Kier alpha value is -3.07. The van der Waals surface area contributed by atoms with E-state index in [0.717, 1.165) is 28.1 Å². The second kappa shape index (κ2) is 7.04. The number of benzene rings is 3. The van der Waals surface area contributed by atoms with Crippen LogP contribution < -0.4 is 9.64 Å². The number of ether oxygens (including phenoxy) is 1. The van der Waals surface area contributed by atoms with Gasteiger partial charge in [0.2, 0.25) is 5.91 Å². The maximum absolute atomic E-state index is 13.3. The zero-order chi connectivity index (χ0) is 17.9. The molecule has 0 saturated heterocycles. The lowest BCUT2D eigenvalue weighted by Crippen LogP contribution is -2.29. The van der Waals surface area contributed by atoms with E-state index in [4.69, 9.17) is 4.74 Å². The smallest absolute Gasteiger partial charge is 0.235 e. The van der Waals surface area contributed by atoms with Gasteiger partial charge in [0, 0.05) is 5.69 Å². The van der Waals surface area contributed by atoms with Crippen molar-refractivity contribution in [2.75, 3.05) is 12.0 Å². The zero-order valence-corrected chi connectivity index (χ0v) is 14.8. The summed E-state index contributed by atoms with van der Waals surface area (Å²) in [6.07, 6.45) is 0.644. The van der Waals surface area contributed by atoms with Gasteiger partial charge >= 0.3 is 0 Å². The summed E-state index contributed by atoms with van der Waals surface area (Å²) in [5.74, 6) is 0.812. The molecule has 1 atom stereocenters. The summed E-state index contributed by atoms with van der Waals surface area (Å²) in [5.41, 5.74) is 4.30. The van der Waals surface area contributed by atoms with Crippen molar-refractivity contribution >= 4 is 11.6 Å². The first-order chi connectivity index (χ1) is 12.8. The van der Waals surface area contributed by atoms with Crippen molar-refractivity contribution < 1.29 is 9.53 Å². The molecule has 130 valence electrons. The van der Waals surface area contributed by atoms with E-state index >= 15 is 0 Å². The van der Waals surface area contributed by atoms with Crippen LogP contribution in [0.5, 0.6) is 5.75 Å². The molecule has 0 N–H and O–H groups in total. The number of carbonyl (C=O) groups excluding carboxylic acids is 1. The number of hydrogen-bond acceptors (Lipinski definition) is 2. The maximum Gasteiger partial charge on any atom is 0.235 e. The molecular formula is C23H21NO2. The predicted octanol–water partition coefficient (Wildman–Crippen LogP) is 4.57. The molecule has 3 aromatic rings. The minimum absolute atomic E-state index is 0.154. The van der Waals surface area contributed by atoms with Crippen molar-refractivity contribution in [1.29, 1.82) is 0 Å². The van der Waals surface area contributed by atoms with Gasteiger partial charge in [-0.15, -0.1) is 0 Å². The molecule has 1 aliphatic rings. The lowest BCUT2D eigenvalue weighted by molar-refractivity contribution is -0.119. The molecular weight excluding hydrogens is 322 g/mol. The van der Waals surface area contributed by atoms with Gasteiger partial charge in [0.25, 0.3) is 0 Å². The van der Waals surface area contributed by atoms with E-state index < -0.39 is 0 Å². The fourth-order valence-electron chi connectivity index (χ4n) is 3.69. The number of rotatable bonds is 5. The summed E-state index contributed by atoms with van der Waals surface area (Å²) in [4.78, 5) is 15.2. The van der Waals surface area contributed by atoms with Crippen LogP contribution in [0.15, 0.2) is 78.9 Å². The highest BCUT2D eigenvalue weighted by Gasteiger charge is 2.37. The Kier molecular flexibility index (Phi) is 4.44. The van der Waals surface area contributed by atoms with Gasteiger partial charge in [-0.1, -0.05) is 66.7 Å². The molecule has 3 aromatic carbocycles. The molecule has 0 aliphatic carbocycles. The molecule has 3 heteroatoms. The number of carbonyl (C=O) groups is 1. The summed E-state index contributed by atoms with van der Waals surface area (Å²) < 4.78 is 5.48. The van der Waals surface area contributed by atoms with E-state index in [0.29, 0.717) is 13.0 Å². The van der Waals surface area contributed by atoms with E-state index in [1.807, 2.05) is 65.6 Å². The monoisotopic (exact) mass is 343 g/mol. The quantitative estimate of drug-likeness (QED) is 0.679. The molecule has 0 saturated carbocycles. The summed E-state index contributed by atoms with van der Waals surface area (Å²) >= 11 is 0.